The van der Waals surface area contributed by atoms with E-state index in [1.165, 1.54) is 9.80 Å². The van der Waals surface area contributed by atoms with E-state index in [9.17, 15) is 38.7 Å². The number of unbranched alkanes of at least 4 members (excludes halogenated alkanes) is 3. The van der Waals surface area contributed by atoms with Gasteiger partial charge in [-0.3, -0.25) is 33.7 Å². The predicted octanol–water partition coefficient (Wildman–Crippen LogP) is 4.75. The molecule has 1 fully saturated rings. The van der Waals surface area contributed by atoms with Crippen LogP contribution in [0.25, 0.3) is 10.4 Å². The number of ether oxygens (including phenoxy) is 2. The van der Waals surface area contributed by atoms with E-state index < -0.39 is 77.1 Å². The molecule has 1 saturated heterocycles. The molecule has 4 heterocycles. The Morgan fingerprint density at radius 2 is 1.67 bits per heavy atom. The summed E-state index contributed by atoms with van der Waals surface area (Å²) in [6.45, 7) is 13.0. The number of carbonyl (C=O) groups excluding carboxylic acids is 7. The number of nitrogens with one attached hydrogen (secondary N) is 4. The molecule has 19 heteroatoms. The van der Waals surface area contributed by atoms with Gasteiger partial charge in [0.05, 0.1) is 40.5 Å². The van der Waals surface area contributed by atoms with Crippen LogP contribution in [-0.2, 0) is 57.6 Å². The van der Waals surface area contributed by atoms with Crippen LogP contribution in [0.4, 0.5) is 10.5 Å². The number of hydrogen-bond acceptors (Lipinski definition) is 12. The second-order valence-electron chi connectivity index (χ2n) is 21.2. The molecular weight excluding hydrogens is 953 g/mol. The fourth-order valence-electron chi connectivity index (χ4n) is 9.32. The Labute approximate surface area is 432 Å². The van der Waals surface area contributed by atoms with Crippen molar-refractivity contribution in [3.63, 3.8) is 0 Å². The summed E-state index contributed by atoms with van der Waals surface area (Å²) in [6, 6.07) is 9.34. The fraction of sp³-hybridized carbons (Fsp3) is 0.556. The van der Waals surface area contributed by atoms with Crippen molar-refractivity contribution in [3.8, 4) is 22.3 Å². The Morgan fingerprint density at radius 1 is 0.932 bits per heavy atom. The first-order valence-electron chi connectivity index (χ1n) is 25.2. The number of alkyl carbamates (subject to hydrolysis) is 1. The van der Waals surface area contributed by atoms with Crippen LogP contribution < -0.4 is 31.9 Å². The van der Waals surface area contributed by atoms with Crippen LogP contribution in [0.2, 0.25) is 0 Å². The van der Waals surface area contributed by atoms with Gasteiger partial charge in [0.1, 0.15) is 36.4 Å². The molecule has 0 spiro atoms. The van der Waals surface area contributed by atoms with E-state index >= 15 is 0 Å². The van der Waals surface area contributed by atoms with Gasteiger partial charge in [-0.1, -0.05) is 75.6 Å². The summed E-state index contributed by atoms with van der Waals surface area (Å²) in [5, 5.41) is 22.1. The molecule has 7 N–H and O–H groups in total. The highest BCUT2D eigenvalue weighted by atomic mass is 32.1. The summed E-state index contributed by atoms with van der Waals surface area (Å²) in [5.74, 6) is 3.60. The lowest BCUT2D eigenvalue weighted by molar-refractivity contribution is -0.144. The molecular formula is C54H72N8O10S. The van der Waals surface area contributed by atoms with Gasteiger partial charge in [0, 0.05) is 45.2 Å². The van der Waals surface area contributed by atoms with Crippen LogP contribution in [-0.4, -0.2) is 118 Å². The number of likely N-dealkylation sites (tertiary alicyclic amines) is 1. The Hall–Kier alpha value is -6.36. The quantitative estimate of drug-likeness (QED) is 0.0666. The third kappa shape index (κ3) is 15.6. The van der Waals surface area contributed by atoms with Crippen LogP contribution >= 0.6 is 11.3 Å². The minimum atomic E-state index is -0.924. The molecule has 0 bridgehead atoms. The summed E-state index contributed by atoms with van der Waals surface area (Å²) in [6.07, 6.45) is 2.54. The second kappa shape index (κ2) is 25.0. The second-order valence-corrected chi connectivity index (χ2v) is 22.0. The van der Waals surface area contributed by atoms with E-state index in [2.05, 4.69) is 38.1 Å². The lowest BCUT2D eigenvalue weighted by atomic mass is 9.85. The number of rotatable bonds is 20. The first kappa shape index (κ1) is 55.9. The van der Waals surface area contributed by atoms with Gasteiger partial charge in [-0.25, -0.2) is 9.78 Å². The molecule has 3 aromatic rings. The van der Waals surface area contributed by atoms with Crippen LogP contribution in [0.5, 0.6) is 0 Å². The molecule has 73 heavy (non-hydrogen) atoms. The first-order chi connectivity index (χ1) is 34.6. The summed E-state index contributed by atoms with van der Waals surface area (Å²) >= 11 is 1.57. The lowest BCUT2D eigenvalue weighted by Gasteiger charge is -2.35. The predicted molar refractivity (Wildman–Crippen MR) is 277 cm³/mol. The van der Waals surface area contributed by atoms with Crippen molar-refractivity contribution >= 4 is 58.6 Å². The van der Waals surface area contributed by atoms with Gasteiger partial charge in [0.2, 0.25) is 35.4 Å². The zero-order valence-electron chi connectivity index (χ0n) is 43.1. The number of anilines is 1. The van der Waals surface area contributed by atoms with Crippen LogP contribution in [0, 0.1) is 24.2 Å². The maximum atomic E-state index is 14.0. The lowest BCUT2D eigenvalue weighted by Crippen LogP contribution is -2.57. The largest absolute Gasteiger partial charge is 0.444 e. The average molecular weight is 1030 g/mol. The summed E-state index contributed by atoms with van der Waals surface area (Å²) in [7, 11) is 0. The highest BCUT2D eigenvalue weighted by Crippen LogP contribution is 2.39. The molecule has 0 unspecified atom stereocenters. The number of aliphatic hydroxyl groups is 1. The topological polar surface area (TPSA) is 252 Å². The van der Waals surface area contributed by atoms with E-state index in [1.54, 1.807) is 37.6 Å². The fourth-order valence-corrected chi connectivity index (χ4v) is 10.1. The number of amides is 7. The minimum Gasteiger partial charge on any atom is -0.444 e. The number of aliphatic hydroxyl groups excluding tert-OH is 1. The average Bonchev–Trinajstić information content (AvgIpc) is 4.04. The van der Waals surface area contributed by atoms with E-state index in [-0.39, 0.29) is 70.2 Å². The van der Waals surface area contributed by atoms with Crippen molar-refractivity contribution in [2.45, 2.75) is 168 Å². The number of nitrogens with zero attached hydrogens (tertiary/aromatic N) is 3. The summed E-state index contributed by atoms with van der Waals surface area (Å²) < 4.78 is 11.3. The highest BCUT2D eigenvalue weighted by Gasteiger charge is 2.46. The monoisotopic (exact) mass is 1020 g/mol. The van der Waals surface area contributed by atoms with E-state index in [1.807, 2.05) is 70.2 Å². The number of primary amides is 1. The number of para-hydroxylation sites is 1. The summed E-state index contributed by atoms with van der Waals surface area (Å²) in [4.78, 5) is 102. The molecule has 394 valence electrons. The molecule has 2 aromatic carbocycles. The van der Waals surface area contributed by atoms with Crippen molar-refractivity contribution < 1.29 is 48.1 Å². The number of carbonyl (C=O) groups is 7. The highest BCUT2D eigenvalue weighted by molar-refractivity contribution is 7.13. The minimum absolute atomic E-state index is 0.00128. The zero-order chi connectivity index (χ0) is 53.0. The van der Waals surface area contributed by atoms with Crippen LogP contribution in [0.3, 0.4) is 0 Å². The standard InChI is InChI=1S/C54H72N8O10S/c1-33-46(73-32-57-33)36-20-18-34(19-21-36)29-56-48(66)41-28-39(63)30-61(41)51(69)47(53(2,3)4)60-44(65)17-12-10-8-9-11-13-26-71-31-38(23-25-43(55)64)58-49(67)42-27-37-16-14-15-35-22-24-40(50(68)62(42)45(35)37)59-52(70)72-54(5,6)7/h14-16,18-21,32,38-42,47,63H,8-10,12,17,22-31H2,1-7H3,(H2,55,64)(H,56,66)(H,58,67)(H,59,70)(H,60,65)/t38-,39+,40-,41-,42-,47+/m0/s1. The molecule has 6 atom stereocenters. The van der Waals surface area contributed by atoms with Crippen molar-refractivity contribution in [1.82, 2.24) is 31.2 Å². The molecule has 0 saturated carbocycles. The van der Waals surface area contributed by atoms with Gasteiger partial charge >= 0.3 is 6.09 Å². The number of hydrogen-bond donors (Lipinski definition) is 6. The Kier molecular flexibility index (Phi) is 19.2. The molecule has 6 rings (SSSR count). The number of benzene rings is 2. The van der Waals surface area contributed by atoms with Gasteiger partial charge in [0.25, 0.3) is 0 Å². The van der Waals surface area contributed by atoms with E-state index in [4.69, 9.17) is 15.2 Å². The molecule has 3 aliphatic heterocycles. The number of aromatic nitrogens is 1. The normalized spacial score (nSPS) is 19.2. The van der Waals surface area contributed by atoms with Gasteiger partial charge in [0.15, 0.2) is 0 Å². The molecule has 1 aromatic heterocycles. The van der Waals surface area contributed by atoms with Gasteiger partial charge in [-0.2, -0.15) is 0 Å². The first-order valence-corrected chi connectivity index (χ1v) is 26.1. The number of β-amino-alcohol motifs (C(OH)–C–C–N with tert-alkyl or cyclic N) is 1. The SMILES string of the molecule is Cc1ncsc1-c1ccc(CNC(=O)[C@@H]2C[C@@H](O)CN2C(=O)[C@@H](NC(=O)CCCCCC#CCOC[C@H](CCC(N)=O)NC(=O)[C@@H]2Cc3cccc4c3N2C(=O)[C@@H](NC(=O)OC(C)(C)C)CC4)C(C)(C)C)cc1. The van der Waals surface area contributed by atoms with E-state index in [0.29, 0.717) is 44.2 Å². The third-order valence-electron chi connectivity index (χ3n) is 13.0. The molecule has 7 amide bonds. The smallest absolute Gasteiger partial charge is 0.408 e. The molecule has 3 aliphatic rings. The molecule has 18 nitrogen and oxygen atoms in total. The van der Waals surface area contributed by atoms with Crippen molar-refractivity contribution in [3.05, 3.63) is 70.4 Å². The summed E-state index contributed by atoms with van der Waals surface area (Å²) in [5.41, 5.74) is 11.1. The van der Waals surface area contributed by atoms with Gasteiger partial charge < -0.3 is 46.5 Å². The Balaban J connectivity index is 0.927. The van der Waals surface area contributed by atoms with E-state index in [0.717, 1.165) is 32.8 Å². The zero-order valence-corrected chi connectivity index (χ0v) is 44.0. The number of aryl methyl sites for hydroxylation is 2. The maximum absolute atomic E-state index is 14.0. The number of nitrogens with two attached hydrogens (primary N) is 1. The Bertz CT molecular complexity index is 2540. The molecule has 0 aliphatic carbocycles. The van der Waals surface area contributed by atoms with Gasteiger partial charge in [-0.05, 0) is 87.5 Å². The van der Waals surface area contributed by atoms with Crippen molar-refractivity contribution in [2.24, 2.45) is 11.1 Å². The van der Waals surface area contributed by atoms with Crippen LogP contribution in [0.1, 0.15) is 122 Å². The van der Waals surface area contributed by atoms with Crippen LogP contribution in [0.15, 0.2) is 48.0 Å². The van der Waals surface area contributed by atoms with Crippen molar-refractivity contribution in [1.29, 1.82) is 0 Å². The third-order valence-corrected chi connectivity index (χ3v) is 14.0. The maximum Gasteiger partial charge on any atom is 0.408 e. The van der Waals surface area contributed by atoms with Gasteiger partial charge in [-0.15, -0.1) is 17.3 Å². The molecule has 0 radical (unpaired) electrons. The van der Waals surface area contributed by atoms with Crippen molar-refractivity contribution in [2.75, 3.05) is 24.7 Å². The number of thiazole rings is 1. The Morgan fingerprint density at radius 3 is 2.36 bits per heavy atom.